The van der Waals surface area contributed by atoms with Gasteiger partial charge in [-0.15, -0.1) is 0 Å². The maximum Gasteiger partial charge on any atom is 0.0938 e. The lowest BCUT2D eigenvalue weighted by atomic mass is 10.3. The van der Waals surface area contributed by atoms with Gasteiger partial charge >= 0.3 is 0 Å². The van der Waals surface area contributed by atoms with Crippen molar-refractivity contribution < 1.29 is 5.11 Å². The van der Waals surface area contributed by atoms with E-state index in [1.54, 1.807) is 0 Å². The first kappa shape index (κ1) is 9.21. The first-order valence-corrected chi connectivity index (χ1v) is 4.92. The van der Waals surface area contributed by atoms with Crippen molar-refractivity contribution in [2.45, 2.75) is 25.4 Å². The van der Waals surface area contributed by atoms with Gasteiger partial charge in [0.05, 0.1) is 17.5 Å². The van der Waals surface area contributed by atoms with Gasteiger partial charge in [-0.25, -0.2) is 0 Å². The van der Waals surface area contributed by atoms with Crippen molar-refractivity contribution in [3.05, 3.63) is 30.3 Å². The zero-order valence-electron chi connectivity index (χ0n) is 7.98. The van der Waals surface area contributed by atoms with Gasteiger partial charge in [0.1, 0.15) is 0 Å². The molecule has 0 aromatic heterocycles. The molecule has 1 aromatic rings. The SMILES string of the molecule is O[C@H]1CCC/C1=N\Nc1ccccc1. The molecule has 2 rings (SSSR count). The fraction of sp³-hybridized carbons (Fsp3) is 0.364. The molecule has 3 nitrogen and oxygen atoms in total. The molecule has 2 N–H and O–H groups in total. The van der Waals surface area contributed by atoms with E-state index >= 15 is 0 Å². The highest BCUT2D eigenvalue weighted by Gasteiger charge is 2.19. The van der Waals surface area contributed by atoms with Crippen LogP contribution in [0.15, 0.2) is 35.4 Å². The summed E-state index contributed by atoms with van der Waals surface area (Å²) in [5.74, 6) is 0. The van der Waals surface area contributed by atoms with E-state index in [9.17, 15) is 5.11 Å². The highest BCUT2D eigenvalue weighted by molar-refractivity contribution is 5.90. The van der Waals surface area contributed by atoms with Crippen molar-refractivity contribution in [3.63, 3.8) is 0 Å². The zero-order valence-corrected chi connectivity index (χ0v) is 7.98. The predicted molar refractivity (Wildman–Crippen MR) is 57.4 cm³/mol. The van der Waals surface area contributed by atoms with Gasteiger partial charge in [-0.1, -0.05) is 18.2 Å². The van der Waals surface area contributed by atoms with Crippen LogP contribution in [-0.2, 0) is 0 Å². The third kappa shape index (κ3) is 2.12. The number of hydrogen-bond acceptors (Lipinski definition) is 3. The number of benzene rings is 1. The molecule has 1 fully saturated rings. The van der Waals surface area contributed by atoms with Crippen LogP contribution in [0, 0.1) is 0 Å². The summed E-state index contributed by atoms with van der Waals surface area (Å²) in [5.41, 5.74) is 4.77. The fourth-order valence-corrected chi connectivity index (χ4v) is 1.59. The number of nitrogens with one attached hydrogen (secondary N) is 1. The Morgan fingerprint density at radius 2 is 2.07 bits per heavy atom. The van der Waals surface area contributed by atoms with Crippen LogP contribution in [0.25, 0.3) is 0 Å². The molecule has 0 bridgehead atoms. The molecule has 14 heavy (non-hydrogen) atoms. The number of nitrogens with zero attached hydrogens (tertiary/aromatic N) is 1. The maximum atomic E-state index is 9.50. The van der Waals surface area contributed by atoms with Gasteiger partial charge < -0.3 is 5.11 Å². The molecule has 1 atom stereocenters. The topological polar surface area (TPSA) is 44.6 Å². The molecule has 0 radical (unpaired) electrons. The van der Waals surface area contributed by atoms with Crippen LogP contribution in [0.3, 0.4) is 0 Å². The van der Waals surface area contributed by atoms with Crippen LogP contribution >= 0.6 is 0 Å². The molecular weight excluding hydrogens is 176 g/mol. The molecule has 1 aliphatic rings. The van der Waals surface area contributed by atoms with Crippen molar-refractivity contribution >= 4 is 11.4 Å². The molecule has 1 aromatic carbocycles. The summed E-state index contributed by atoms with van der Waals surface area (Å²) in [5, 5.41) is 13.7. The third-order valence-electron chi connectivity index (χ3n) is 2.40. The quantitative estimate of drug-likeness (QED) is 0.700. The summed E-state index contributed by atoms with van der Waals surface area (Å²) in [6, 6.07) is 9.76. The number of rotatable bonds is 2. The van der Waals surface area contributed by atoms with E-state index in [2.05, 4.69) is 10.5 Å². The van der Waals surface area contributed by atoms with E-state index in [0.29, 0.717) is 0 Å². The van der Waals surface area contributed by atoms with E-state index in [-0.39, 0.29) is 6.10 Å². The molecule has 0 aliphatic heterocycles. The molecule has 0 unspecified atom stereocenters. The molecule has 74 valence electrons. The number of hydrogen-bond donors (Lipinski definition) is 2. The average molecular weight is 190 g/mol. The number of hydrazone groups is 1. The molecule has 3 heteroatoms. The second-order valence-electron chi connectivity index (χ2n) is 3.49. The highest BCUT2D eigenvalue weighted by Crippen LogP contribution is 2.16. The van der Waals surface area contributed by atoms with Crippen LogP contribution < -0.4 is 5.43 Å². The largest absolute Gasteiger partial charge is 0.387 e. The van der Waals surface area contributed by atoms with Gasteiger partial charge in [0, 0.05) is 0 Å². The molecule has 0 amide bonds. The van der Waals surface area contributed by atoms with Crippen molar-refractivity contribution in [3.8, 4) is 0 Å². The van der Waals surface area contributed by atoms with Gasteiger partial charge in [-0.05, 0) is 31.4 Å². The van der Waals surface area contributed by atoms with Gasteiger partial charge in [0.2, 0.25) is 0 Å². The van der Waals surface area contributed by atoms with E-state index in [1.165, 1.54) is 0 Å². The van der Waals surface area contributed by atoms with Crippen LogP contribution in [0.1, 0.15) is 19.3 Å². The predicted octanol–water partition coefficient (Wildman–Crippen LogP) is 2.00. The van der Waals surface area contributed by atoms with Crippen LogP contribution in [0.4, 0.5) is 5.69 Å². The summed E-state index contributed by atoms with van der Waals surface area (Å²) >= 11 is 0. The first-order valence-electron chi connectivity index (χ1n) is 4.92. The smallest absolute Gasteiger partial charge is 0.0938 e. The number of aliphatic hydroxyl groups excluding tert-OH is 1. The molecule has 1 aliphatic carbocycles. The number of anilines is 1. The number of aliphatic hydroxyl groups is 1. The van der Waals surface area contributed by atoms with E-state index < -0.39 is 0 Å². The normalized spacial score (nSPS) is 24.1. The number of para-hydroxylation sites is 1. The molecular formula is C11H14N2O. The lowest BCUT2D eigenvalue weighted by Gasteiger charge is -2.04. The lowest BCUT2D eigenvalue weighted by molar-refractivity contribution is 0.242. The monoisotopic (exact) mass is 190 g/mol. The van der Waals surface area contributed by atoms with Crippen molar-refractivity contribution in [2.75, 3.05) is 5.43 Å². The minimum Gasteiger partial charge on any atom is -0.387 e. The Balaban J connectivity index is 1.99. The van der Waals surface area contributed by atoms with E-state index in [4.69, 9.17) is 0 Å². The summed E-state index contributed by atoms with van der Waals surface area (Å²) in [6.45, 7) is 0. The van der Waals surface area contributed by atoms with Gasteiger partial charge in [-0.2, -0.15) is 5.10 Å². The van der Waals surface area contributed by atoms with Crippen molar-refractivity contribution in [1.82, 2.24) is 0 Å². The van der Waals surface area contributed by atoms with Crippen LogP contribution in [0.5, 0.6) is 0 Å². The zero-order chi connectivity index (χ0) is 9.80. The lowest BCUT2D eigenvalue weighted by Crippen LogP contribution is -2.13. The van der Waals surface area contributed by atoms with Gasteiger partial charge in [0.15, 0.2) is 0 Å². The van der Waals surface area contributed by atoms with Gasteiger partial charge in [-0.3, -0.25) is 5.43 Å². The summed E-state index contributed by atoms with van der Waals surface area (Å²) < 4.78 is 0. The molecule has 1 saturated carbocycles. The third-order valence-corrected chi connectivity index (χ3v) is 2.40. The molecule has 0 saturated heterocycles. The Morgan fingerprint density at radius 1 is 1.29 bits per heavy atom. The summed E-state index contributed by atoms with van der Waals surface area (Å²) in [4.78, 5) is 0. The summed E-state index contributed by atoms with van der Waals surface area (Å²) in [7, 11) is 0. The van der Waals surface area contributed by atoms with Crippen LogP contribution in [0.2, 0.25) is 0 Å². The summed E-state index contributed by atoms with van der Waals surface area (Å²) in [6.07, 6.45) is 2.44. The minimum absolute atomic E-state index is 0.341. The second kappa shape index (κ2) is 4.24. The Morgan fingerprint density at radius 3 is 2.71 bits per heavy atom. The minimum atomic E-state index is -0.341. The Bertz CT molecular complexity index is 321. The Labute approximate surface area is 83.5 Å². The second-order valence-corrected chi connectivity index (χ2v) is 3.49. The first-order chi connectivity index (χ1) is 6.86. The highest BCUT2D eigenvalue weighted by atomic mass is 16.3. The van der Waals surface area contributed by atoms with Crippen molar-refractivity contribution in [2.24, 2.45) is 5.10 Å². The van der Waals surface area contributed by atoms with Crippen LogP contribution in [-0.4, -0.2) is 16.9 Å². The Kier molecular flexibility index (Phi) is 2.79. The van der Waals surface area contributed by atoms with E-state index in [1.807, 2.05) is 30.3 Å². The Hall–Kier alpha value is -1.35. The standard InChI is InChI=1S/C11H14N2O/c14-11-8-4-7-10(11)13-12-9-5-2-1-3-6-9/h1-3,5-6,11-12,14H,4,7-8H2/b13-10+/t11-/m0/s1. The molecule has 0 spiro atoms. The van der Waals surface area contributed by atoms with E-state index in [0.717, 1.165) is 30.7 Å². The van der Waals surface area contributed by atoms with Crippen molar-refractivity contribution in [1.29, 1.82) is 0 Å². The van der Waals surface area contributed by atoms with Gasteiger partial charge in [0.25, 0.3) is 0 Å². The fourth-order valence-electron chi connectivity index (χ4n) is 1.59. The molecule has 0 heterocycles. The average Bonchev–Trinajstić information content (AvgIpc) is 2.63. The maximum absolute atomic E-state index is 9.50.